The van der Waals surface area contributed by atoms with E-state index in [-0.39, 0.29) is 5.41 Å². The molecule has 0 aliphatic carbocycles. The van der Waals surface area contributed by atoms with Crippen LogP contribution in [-0.4, -0.2) is 20.0 Å². The molecule has 0 unspecified atom stereocenters. The maximum absolute atomic E-state index is 11.3. The average molecular weight is 326 g/mol. The monoisotopic (exact) mass is 326 g/mol. The highest BCUT2D eigenvalue weighted by atomic mass is 16.5. The number of benzene rings is 2. The number of methoxy groups -OCH3 is 1. The smallest absolute Gasteiger partial charge is 0.168 e. The predicted octanol–water partition coefficient (Wildman–Crippen LogP) is 5.26. The number of aldehydes is 1. The van der Waals surface area contributed by atoms with Crippen molar-refractivity contribution in [3.05, 3.63) is 47.5 Å². The van der Waals surface area contributed by atoms with Crippen LogP contribution in [0.4, 0.5) is 0 Å². The van der Waals surface area contributed by atoms with Crippen molar-refractivity contribution in [2.24, 2.45) is 0 Å². The highest BCUT2D eigenvalue weighted by molar-refractivity contribution is 5.84. The zero-order valence-electron chi connectivity index (χ0n) is 15.2. The Kier molecular flexibility index (Phi) is 5.66. The summed E-state index contributed by atoms with van der Waals surface area (Å²) >= 11 is 0. The molecule has 3 heteroatoms. The summed E-state index contributed by atoms with van der Waals surface area (Å²) in [7, 11) is 1.59. The van der Waals surface area contributed by atoms with E-state index in [1.54, 1.807) is 13.2 Å². The van der Waals surface area contributed by atoms with E-state index in [4.69, 9.17) is 9.47 Å². The van der Waals surface area contributed by atoms with Crippen molar-refractivity contribution in [1.29, 1.82) is 0 Å². The first-order chi connectivity index (χ1) is 11.4. The molecular formula is C21H26O3. The fourth-order valence-corrected chi connectivity index (χ4v) is 2.56. The van der Waals surface area contributed by atoms with Gasteiger partial charge in [0.15, 0.2) is 11.5 Å². The number of carbonyl (C=O) groups is 1. The van der Waals surface area contributed by atoms with Crippen LogP contribution < -0.4 is 9.47 Å². The minimum atomic E-state index is 0.0996. The van der Waals surface area contributed by atoms with Crippen molar-refractivity contribution in [3.63, 3.8) is 0 Å². The molecule has 0 bridgehead atoms. The molecule has 24 heavy (non-hydrogen) atoms. The number of hydrogen-bond donors (Lipinski definition) is 0. The molecule has 0 aliphatic heterocycles. The molecule has 0 N–H and O–H groups in total. The van der Waals surface area contributed by atoms with E-state index in [2.05, 4.69) is 52.0 Å². The normalized spacial score (nSPS) is 11.2. The molecule has 0 aromatic heterocycles. The van der Waals surface area contributed by atoms with Crippen molar-refractivity contribution in [2.45, 2.75) is 39.5 Å². The van der Waals surface area contributed by atoms with Gasteiger partial charge in [-0.25, -0.2) is 0 Å². The Labute approximate surface area is 144 Å². The summed E-state index contributed by atoms with van der Waals surface area (Å²) in [4.78, 5) is 11.3. The second kappa shape index (κ2) is 7.52. The fraction of sp³-hybridized carbons (Fsp3) is 0.381. The molecule has 0 saturated heterocycles. The van der Waals surface area contributed by atoms with E-state index in [1.165, 1.54) is 5.56 Å². The molecule has 0 aliphatic rings. The maximum atomic E-state index is 11.3. The van der Waals surface area contributed by atoms with Crippen molar-refractivity contribution in [3.8, 4) is 22.6 Å². The predicted molar refractivity (Wildman–Crippen MR) is 98.3 cm³/mol. The van der Waals surface area contributed by atoms with Gasteiger partial charge < -0.3 is 9.47 Å². The number of hydrogen-bond acceptors (Lipinski definition) is 3. The zero-order chi connectivity index (χ0) is 17.7. The first-order valence-corrected chi connectivity index (χ1v) is 8.31. The van der Waals surface area contributed by atoms with E-state index in [0.717, 1.165) is 23.8 Å². The zero-order valence-corrected chi connectivity index (χ0v) is 15.2. The molecule has 0 saturated carbocycles. The SMILES string of the molecule is CCCOc1c(OC)cc(C=O)cc1-c1ccc(C(C)(C)C)cc1. The van der Waals surface area contributed by atoms with Gasteiger partial charge >= 0.3 is 0 Å². The molecule has 0 amide bonds. The number of ether oxygens (including phenoxy) is 2. The first kappa shape index (κ1) is 18.1. The van der Waals surface area contributed by atoms with Gasteiger partial charge in [-0.1, -0.05) is 52.0 Å². The van der Waals surface area contributed by atoms with Gasteiger partial charge in [0.2, 0.25) is 0 Å². The summed E-state index contributed by atoms with van der Waals surface area (Å²) in [6, 6.07) is 12.0. The summed E-state index contributed by atoms with van der Waals surface area (Å²) in [6.07, 6.45) is 1.74. The van der Waals surface area contributed by atoms with E-state index < -0.39 is 0 Å². The van der Waals surface area contributed by atoms with Crippen LogP contribution in [0.5, 0.6) is 11.5 Å². The molecule has 2 aromatic rings. The van der Waals surface area contributed by atoms with Crippen LogP contribution in [0.3, 0.4) is 0 Å². The van der Waals surface area contributed by atoms with Crippen LogP contribution in [0.1, 0.15) is 50.0 Å². The summed E-state index contributed by atoms with van der Waals surface area (Å²) in [5.74, 6) is 1.27. The summed E-state index contributed by atoms with van der Waals surface area (Å²) in [5, 5.41) is 0. The largest absolute Gasteiger partial charge is 0.493 e. The van der Waals surface area contributed by atoms with Gasteiger partial charge in [0.05, 0.1) is 13.7 Å². The van der Waals surface area contributed by atoms with Crippen molar-refractivity contribution >= 4 is 6.29 Å². The topological polar surface area (TPSA) is 35.5 Å². The van der Waals surface area contributed by atoms with Gasteiger partial charge in [0.25, 0.3) is 0 Å². The summed E-state index contributed by atoms with van der Waals surface area (Å²) < 4.78 is 11.4. The third-order valence-electron chi connectivity index (χ3n) is 3.95. The minimum Gasteiger partial charge on any atom is -0.493 e. The van der Waals surface area contributed by atoms with Crippen LogP contribution in [0.2, 0.25) is 0 Å². The van der Waals surface area contributed by atoms with Crippen molar-refractivity contribution in [2.75, 3.05) is 13.7 Å². The first-order valence-electron chi connectivity index (χ1n) is 8.31. The molecular weight excluding hydrogens is 300 g/mol. The third kappa shape index (κ3) is 3.97. The van der Waals surface area contributed by atoms with Crippen LogP contribution in [0, 0.1) is 0 Å². The molecule has 0 heterocycles. The summed E-state index contributed by atoms with van der Waals surface area (Å²) in [6.45, 7) is 9.23. The Hall–Kier alpha value is -2.29. The fourth-order valence-electron chi connectivity index (χ4n) is 2.56. The van der Waals surface area contributed by atoms with Gasteiger partial charge in [0.1, 0.15) is 6.29 Å². The minimum absolute atomic E-state index is 0.0996. The Morgan fingerprint density at radius 1 is 1.08 bits per heavy atom. The van der Waals surface area contributed by atoms with E-state index >= 15 is 0 Å². The highest BCUT2D eigenvalue weighted by Gasteiger charge is 2.17. The van der Waals surface area contributed by atoms with Crippen LogP contribution >= 0.6 is 0 Å². The van der Waals surface area contributed by atoms with Gasteiger partial charge in [-0.3, -0.25) is 4.79 Å². The van der Waals surface area contributed by atoms with Gasteiger partial charge in [-0.2, -0.15) is 0 Å². The molecule has 128 valence electrons. The second-order valence-electron chi connectivity index (χ2n) is 6.89. The Morgan fingerprint density at radius 2 is 1.75 bits per heavy atom. The third-order valence-corrected chi connectivity index (χ3v) is 3.95. The molecule has 3 nitrogen and oxygen atoms in total. The lowest BCUT2D eigenvalue weighted by Crippen LogP contribution is -2.10. The molecule has 0 atom stereocenters. The average Bonchev–Trinajstić information content (AvgIpc) is 2.58. The second-order valence-corrected chi connectivity index (χ2v) is 6.89. The van der Waals surface area contributed by atoms with Crippen molar-refractivity contribution in [1.82, 2.24) is 0 Å². The van der Waals surface area contributed by atoms with Gasteiger partial charge in [0, 0.05) is 11.1 Å². The lowest BCUT2D eigenvalue weighted by atomic mass is 9.86. The van der Waals surface area contributed by atoms with Crippen LogP contribution in [0.25, 0.3) is 11.1 Å². The Balaban J connectivity index is 2.55. The lowest BCUT2D eigenvalue weighted by molar-refractivity contribution is 0.112. The highest BCUT2D eigenvalue weighted by Crippen LogP contribution is 2.40. The quantitative estimate of drug-likeness (QED) is 0.679. The van der Waals surface area contributed by atoms with Gasteiger partial charge in [-0.05, 0) is 35.1 Å². The number of rotatable bonds is 6. The van der Waals surface area contributed by atoms with Crippen LogP contribution in [0.15, 0.2) is 36.4 Å². The number of carbonyl (C=O) groups excluding carboxylic acids is 1. The molecule has 0 fully saturated rings. The van der Waals surface area contributed by atoms with Crippen LogP contribution in [-0.2, 0) is 5.41 Å². The molecule has 0 spiro atoms. The molecule has 0 radical (unpaired) electrons. The molecule has 2 aromatic carbocycles. The van der Waals surface area contributed by atoms with E-state index in [9.17, 15) is 4.79 Å². The van der Waals surface area contributed by atoms with E-state index in [1.807, 2.05) is 6.07 Å². The Bertz CT molecular complexity index is 694. The van der Waals surface area contributed by atoms with Gasteiger partial charge in [-0.15, -0.1) is 0 Å². The standard InChI is InChI=1S/C21H26O3/c1-6-11-24-20-18(12-15(14-22)13-19(20)23-5)16-7-9-17(10-8-16)21(2,3)4/h7-10,12-14H,6,11H2,1-5H3. The van der Waals surface area contributed by atoms with Crippen molar-refractivity contribution < 1.29 is 14.3 Å². The lowest BCUT2D eigenvalue weighted by Gasteiger charge is -2.20. The Morgan fingerprint density at radius 3 is 2.25 bits per heavy atom. The molecule has 2 rings (SSSR count). The maximum Gasteiger partial charge on any atom is 0.168 e. The summed E-state index contributed by atoms with van der Waals surface area (Å²) in [5.41, 5.74) is 3.83. The van der Waals surface area contributed by atoms with E-state index in [0.29, 0.717) is 23.7 Å².